The van der Waals surface area contributed by atoms with Crippen LogP contribution < -0.4 is 35.6 Å². The number of hydrogen-bond acceptors (Lipinski definition) is 7. The fraction of sp³-hybridized carbons (Fsp3) is 0.346. The number of phenolic OH excluding ortho intramolecular Hbond substituents is 2. The number of benzene rings is 2. The van der Waals surface area contributed by atoms with E-state index >= 15 is 0 Å². The molecule has 0 spiro atoms. The van der Waals surface area contributed by atoms with Gasteiger partial charge in [0.15, 0.2) is 0 Å². The summed E-state index contributed by atoms with van der Waals surface area (Å²) in [5.41, 5.74) is 3.20. The zero-order chi connectivity index (χ0) is 26.4. The van der Waals surface area contributed by atoms with E-state index in [1.807, 2.05) is 56.9 Å². The first-order valence-electron chi connectivity index (χ1n) is 11.6. The zero-order valence-electron chi connectivity index (χ0n) is 21.0. The predicted octanol–water partition coefficient (Wildman–Crippen LogP) is 0.521. The first-order valence-corrected chi connectivity index (χ1v) is 14.8. The van der Waals surface area contributed by atoms with E-state index in [1.165, 1.54) is 6.07 Å². The molecular weight excluding hydrogens is 575 g/mol. The van der Waals surface area contributed by atoms with E-state index in [0.29, 0.717) is 28.8 Å². The van der Waals surface area contributed by atoms with Gasteiger partial charge in [-0.1, -0.05) is 0 Å². The molecule has 0 aliphatic carbocycles. The summed E-state index contributed by atoms with van der Waals surface area (Å²) in [6.45, 7) is 8.38. The molecule has 9 nitrogen and oxygen atoms in total. The van der Waals surface area contributed by atoms with Crippen LogP contribution in [0, 0.1) is 0 Å². The second kappa shape index (κ2) is 12.2. The molecule has 10 heteroatoms. The van der Waals surface area contributed by atoms with Gasteiger partial charge in [0.05, 0.1) is 0 Å². The SMILES string of the molecule is C[I-]NC(=O)c1noc(-c2cc(C(C)C)c(O)cc2O)c1-c1ccc(CNCC(=O)NC(C)C)cc1. The molecule has 0 fully saturated rings. The summed E-state index contributed by atoms with van der Waals surface area (Å²) < 4.78 is 8.47. The van der Waals surface area contributed by atoms with Crippen molar-refractivity contribution in [1.82, 2.24) is 19.3 Å². The van der Waals surface area contributed by atoms with Crippen LogP contribution in [0.5, 0.6) is 11.5 Å². The molecule has 3 rings (SSSR count). The molecule has 194 valence electrons. The Morgan fingerprint density at radius 3 is 2.36 bits per heavy atom. The molecule has 1 heterocycles. The van der Waals surface area contributed by atoms with Crippen LogP contribution in [0.1, 0.15) is 55.2 Å². The molecule has 0 atom stereocenters. The van der Waals surface area contributed by atoms with E-state index in [9.17, 15) is 19.8 Å². The molecule has 0 radical (unpaired) electrons. The summed E-state index contributed by atoms with van der Waals surface area (Å²) in [6, 6.07) is 10.5. The molecule has 0 bridgehead atoms. The molecular formula is C26H32IN4O5-. The number of rotatable bonds is 10. The van der Waals surface area contributed by atoms with Gasteiger partial charge in [0, 0.05) is 6.04 Å². The average molecular weight is 607 g/mol. The third-order valence-electron chi connectivity index (χ3n) is 5.41. The molecule has 0 unspecified atom stereocenters. The molecule has 0 aliphatic heterocycles. The summed E-state index contributed by atoms with van der Waals surface area (Å²) in [7, 11) is 0. The number of aromatic nitrogens is 1. The number of nitrogens with zero attached hydrogens (tertiary/aromatic N) is 1. The van der Waals surface area contributed by atoms with E-state index < -0.39 is 21.5 Å². The third kappa shape index (κ3) is 6.55. The van der Waals surface area contributed by atoms with Crippen LogP contribution in [-0.4, -0.2) is 44.7 Å². The fourth-order valence-electron chi connectivity index (χ4n) is 3.75. The van der Waals surface area contributed by atoms with Crippen molar-refractivity contribution in [3.8, 4) is 33.9 Å². The van der Waals surface area contributed by atoms with Crippen molar-refractivity contribution in [2.24, 2.45) is 0 Å². The van der Waals surface area contributed by atoms with Crippen LogP contribution in [-0.2, 0) is 11.3 Å². The first-order chi connectivity index (χ1) is 17.1. The van der Waals surface area contributed by atoms with E-state index in [2.05, 4.69) is 19.3 Å². The molecule has 1 aromatic heterocycles. The van der Waals surface area contributed by atoms with Gasteiger partial charge in [-0.2, -0.15) is 0 Å². The Balaban J connectivity index is 1.96. The fourth-order valence-corrected chi connectivity index (χ4v) is 4.49. The molecule has 0 saturated heterocycles. The number of halogens is 1. The summed E-state index contributed by atoms with van der Waals surface area (Å²) in [5.74, 6) is -0.369. The minimum absolute atomic E-state index is 0.00210. The third-order valence-corrected chi connectivity index (χ3v) is 6.44. The van der Waals surface area contributed by atoms with Crippen LogP contribution in [0.15, 0.2) is 40.9 Å². The molecule has 5 N–H and O–H groups in total. The van der Waals surface area contributed by atoms with Crippen LogP contribution in [0.2, 0.25) is 0 Å². The summed E-state index contributed by atoms with van der Waals surface area (Å²) in [5, 5.41) is 30.9. The molecule has 3 aromatic rings. The number of hydrogen-bond donors (Lipinski definition) is 5. The summed E-state index contributed by atoms with van der Waals surface area (Å²) >= 11 is -0.541. The van der Waals surface area contributed by atoms with Gasteiger partial charge < -0.3 is 5.32 Å². The van der Waals surface area contributed by atoms with Crippen LogP contribution in [0.25, 0.3) is 22.5 Å². The van der Waals surface area contributed by atoms with Crippen molar-refractivity contribution in [1.29, 1.82) is 0 Å². The van der Waals surface area contributed by atoms with Crippen molar-refractivity contribution in [2.45, 2.75) is 46.2 Å². The Kier molecular flexibility index (Phi) is 9.32. The van der Waals surface area contributed by atoms with Crippen LogP contribution in [0.4, 0.5) is 0 Å². The van der Waals surface area contributed by atoms with Gasteiger partial charge in [-0.25, -0.2) is 0 Å². The van der Waals surface area contributed by atoms with Crippen molar-refractivity contribution in [3.63, 3.8) is 0 Å². The first kappa shape index (κ1) is 27.5. The normalized spacial score (nSPS) is 11.3. The quantitative estimate of drug-likeness (QED) is 0.129. The standard InChI is InChI=1S/C26H32IN4O5/c1-14(2)18-10-19(21(33)11-20(18)32)25-23(24(31-36-25)26(35)30-27-5)17-8-6-16(7-9-17)12-28-13-22(34)29-15(3)4/h6-11,14-15,28,32-33H,12-13H2,1-5H3,(H,29,34)(H,30,35)/q-1. The van der Waals surface area contributed by atoms with Crippen LogP contribution in [0.3, 0.4) is 0 Å². The maximum atomic E-state index is 12.8. The van der Waals surface area contributed by atoms with Gasteiger partial charge in [-0.05, 0) is 13.8 Å². The summed E-state index contributed by atoms with van der Waals surface area (Å²) in [6.07, 6.45) is 0. The molecule has 2 aromatic carbocycles. The monoisotopic (exact) mass is 607 g/mol. The van der Waals surface area contributed by atoms with Crippen molar-refractivity contribution >= 4 is 11.8 Å². The Hall–Kier alpha value is -3.12. The Morgan fingerprint density at radius 2 is 1.75 bits per heavy atom. The van der Waals surface area contributed by atoms with Gasteiger partial charge in [-0.15, -0.1) is 0 Å². The average Bonchev–Trinajstić information content (AvgIpc) is 3.24. The van der Waals surface area contributed by atoms with Gasteiger partial charge in [0.2, 0.25) is 0 Å². The van der Waals surface area contributed by atoms with Gasteiger partial charge in [0.25, 0.3) is 0 Å². The molecule has 2 amide bonds. The molecule has 0 aliphatic rings. The number of nitrogens with one attached hydrogen (secondary N) is 3. The van der Waals surface area contributed by atoms with Crippen LogP contribution >= 0.6 is 0 Å². The maximum absolute atomic E-state index is 12.8. The second-order valence-electron chi connectivity index (χ2n) is 8.95. The topological polar surface area (TPSA) is 137 Å². The predicted molar refractivity (Wildman–Crippen MR) is 133 cm³/mol. The second-order valence-corrected chi connectivity index (χ2v) is 10.6. The Labute approximate surface area is 221 Å². The Bertz CT molecular complexity index is 1220. The van der Waals surface area contributed by atoms with Crippen molar-refractivity contribution in [2.75, 3.05) is 11.5 Å². The number of alkyl halides is 1. The van der Waals surface area contributed by atoms with E-state index in [-0.39, 0.29) is 53.3 Å². The molecule has 36 heavy (non-hydrogen) atoms. The molecule has 0 saturated carbocycles. The minimum atomic E-state index is -0.541. The Morgan fingerprint density at radius 1 is 1.06 bits per heavy atom. The number of phenols is 2. The van der Waals surface area contributed by atoms with E-state index in [4.69, 9.17) is 4.52 Å². The number of carbonyl (C=O) groups excluding carboxylic acids is 2. The van der Waals surface area contributed by atoms with Gasteiger partial charge in [0.1, 0.15) is 0 Å². The number of aromatic hydroxyl groups is 2. The van der Waals surface area contributed by atoms with Gasteiger partial charge >= 0.3 is 192 Å². The van der Waals surface area contributed by atoms with E-state index in [1.54, 1.807) is 6.07 Å². The van der Waals surface area contributed by atoms with E-state index in [0.717, 1.165) is 5.56 Å². The summed E-state index contributed by atoms with van der Waals surface area (Å²) in [4.78, 5) is 26.5. The number of amides is 2. The van der Waals surface area contributed by atoms with Crippen molar-refractivity contribution in [3.05, 3.63) is 53.2 Å². The van der Waals surface area contributed by atoms with Crippen molar-refractivity contribution < 1.29 is 45.8 Å². The zero-order valence-corrected chi connectivity index (χ0v) is 23.1. The van der Waals surface area contributed by atoms with Gasteiger partial charge in [-0.3, -0.25) is 4.79 Å². The number of carbonyl (C=O) groups is 2.